The van der Waals surface area contributed by atoms with Crippen molar-refractivity contribution in [2.24, 2.45) is 23.5 Å². The van der Waals surface area contributed by atoms with Gasteiger partial charge in [-0.1, -0.05) is 0 Å². The van der Waals surface area contributed by atoms with Crippen LogP contribution in [0.25, 0.3) is 0 Å². The van der Waals surface area contributed by atoms with E-state index in [-0.39, 0.29) is 11.9 Å². The van der Waals surface area contributed by atoms with Gasteiger partial charge in [0.15, 0.2) is 0 Å². The maximum atomic E-state index is 11.4. The second kappa shape index (κ2) is 2.96. The number of nitrogens with two attached hydrogens (primary N) is 1. The maximum absolute atomic E-state index is 11.4. The summed E-state index contributed by atoms with van der Waals surface area (Å²) in [4.78, 5) is 13.3. The Morgan fingerprint density at radius 3 is 2.21 bits per heavy atom. The van der Waals surface area contributed by atoms with E-state index in [0.717, 1.165) is 30.8 Å². The van der Waals surface area contributed by atoms with E-state index in [1.807, 2.05) is 4.90 Å². The van der Waals surface area contributed by atoms with Gasteiger partial charge >= 0.3 is 0 Å². The molecule has 3 nitrogen and oxygen atoms in total. The van der Waals surface area contributed by atoms with Gasteiger partial charge in [-0.05, 0) is 43.4 Å². The summed E-state index contributed by atoms with van der Waals surface area (Å²) in [5.74, 6) is 2.86. The van der Waals surface area contributed by atoms with Crippen molar-refractivity contribution in [3.05, 3.63) is 0 Å². The lowest BCUT2D eigenvalue weighted by molar-refractivity contribution is -0.143. The fourth-order valence-electron chi connectivity index (χ4n) is 2.68. The van der Waals surface area contributed by atoms with Crippen molar-refractivity contribution in [1.29, 1.82) is 0 Å². The van der Waals surface area contributed by atoms with Crippen LogP contribution in [-0.4, -0.2) is 29.9 Å². The van der Waals surface area contributed by atoms with E-state index in [4.69, 9.17) is 5.73 Å². The Balaban J connectivity index is 1.56. The SMILES string of the molecule is NC1CN(CC(C2CC2)C2CC2)C1=O. The van der Waals surface area contributed by atoms with Gasteiger partial charge in [-0.15, -0.1) is 0 Å². The van der Waals surface area contributed by atoms with Crippen molar-refractivity contribution in [3.63, 3.8) is 0 Å². The van der Waals surface area contributed by atoms with E-state index >= 15 is 0 Å². The van der Waals surface area contributed by atoms with Gasteiger partial charge < -0.3 is 10.6 Å². The first-order valence-electron chi connectivity index (χ1n) is 5.80. The molecule has 1 amide bonds. The van der Waals surface area contributed by atoms with E-state index in [1.54, 1.807) is 0 Å². The van der Waals surface area contributed by atoms with Crippen molar-refractivity contribution in [1.82, 2.24) is 4.90 Å². The van der Waals surface area contributed by atoms with Gasteiger partial charge in [0, 0.05) is 13.1 Å². The van der Waals surface area contributed by atoms with Crippen LogP contribution in [0.3, 0.4) is 0 Å². The molecule has 2 saturated carbocycles. The molecule has 2 aliphatic carbocycles. The summed E-state index contributed by atoms with van der Waals surface area (Å²) in [5, 5.41) is 0. The van der Waals surface area contributed by atoms with Crippen LogP contribution in [0.5, 0.6) is 0 Å². The second-order valence-corrected chi connectivity index (χ2v) is 5.19. The molecule has 0 bridgehead atoms. The molecule has 2 N–H and O–H groups in total. The first-order chi connectivity index (χ1) is 6.75. The third kappa shape index (κ3) is 1.44. The van der Waals surface area contributed by atoms with Crippen LogP contribution in [0.15, 0.2) is 0 Å². The Labute approximate surface area is 84.6 Å². The number of β-lactam (4-membered cyclic amide) rings is 1. The zero-order chi connectivity index (χ0) is 9.71. The Morgan fingerprint density at radius 1 is 1.29 bits per heavy atom. The quantitative estimate of drug-likeness (QED) is 0.666. The molecule has 3 rings (SSSR count). The first kappa shape index (κ1) is 8.72. The van der Waals surface area contributed by atoms with Crippen LogP contribution < -0.4 is 5.73 Å². The molecular formula is C11H18N2O. The topological polar surface area (TPSA) is 46.3 Å². The molecule has 0 spiro atoms. The molecule has 0 radical (unpaired) electrons. The molecule has 3 aliphatic rings. The Hall–Kier alpha value is -0.570. The number of nitrogens with zero attached hydrogens (tertiary/aromatic N) is 1. The van der Waals surface area contributed by atoms with Crippen molar-refractivity contribution in [3.8, 4) is 0 Å². The maximum Gasteiger partial charge on any atom is 0.241 e. The number of carbonyl (C=O) groups excluding carboxylic acids is 1. The molecule has 0 aromatic carbocycles. The summed E-state index contributed by atoms with van der Waals surface area (Å²) in [6, 6.07) is -0.186. The third-order valence-corrected chi connectivity index (χ3v) is 3.93. The van der Waals surface area contributed by atoms with Crippen LogP contribution in [0.1, 0.15) is 25.7 Å². The number of amides is 1. The minimum Gasteiger partial charge on any atom is -0.339 e. The smallest absolute Gasteiger partial charge is 0.241 e. The summed E-state index contributed by atoms with van der Waals surface area (Å²) in [6.45, 7) is 1.80. The van der Waals surface area contributed by atoms with Crippen LogP contribution >= 0.6 is 0 Å². The van der Waals surface area contributed by atoms with E-state index in [0.29, 0.717) is 0 Å². The minimum absolute atomic E-state index is 0.177. The molecule has 14 heavy (non-hydrogen) atoms. The lowest BCUT2D eigenvalue weighted by Gasteiger charge is -2.38. The molecule has 1 saturated heterocycles. The van der Waals surface area contributed by atoms with Gasteiger partial charge in [-0.3, -0.25) is 4.79 Å². The molecule has 1 atom stereocenters. The monoisotopic (exact) mass is 194 g/mol. The van der Waals surface area contributed by atoms with E-state index in [9.17, 15) is 4.79 Å². The average molecular weight is 194 g/mol. The number of hydrogen-bond acceptors (Lipinski definition) is 2. The van der Waals surface area contributed by atoms with Gasteiger partial charge in [0.2, 0.25) is 5.91 Å². The van der Waals surface area contributed by atoms with Crippen LogP contribution in [0.4, 0.5) is 0 Å². The predicted molar refractivity (Wildman–Crippen MR) is 53.5 cm³/mol. The lowest BCUT2D eigenvalue weighted by Crippen LogP contribution is -2.62. The highest BCUT2D eigenvalue weighted by molar-refractivity contribution is 5.87. The third-order valence-electron chi connectivity index (χ3n) is 3.93. The zero-order valence-electron chi connectivity index (χ0n) is 8.48. The number of hydrogen-bond donors (Lipinski definition) is 1. The van der Waals surface area contributed by atoms with Crippen molar-refractivity contribution in [2.75, 3.05) is 13.1 Å². The summed E-state index contributed by atoms with van der Waals surface area (Å²) in [6.07, 6.45) is 5.59. The normalized spacial score (nSPS) is 32.3. The highest BCUT2D eigenvalue weighted by Crippen LogP contribution is 2.49. The van der Waals surface area contributed by atoms with E-state index in [1.165, 1.54) is 25.7 Å². The van der Waals surface area contributed by atoms with Crippen molar-refractivity contribution in [2.45, 2.75) is 31.7 Å². The minimum atomic E-state index is -0.186. The van der Waals surface area contributed by atoms with Gasteiger partial charge in [0.05, 0.1) is 0 Å². The molecule has 0 aromatic heterocycles. The zero-order valence-corrected chi connectivity index (χ0v) is 8.48. The molecular weight excluding hydrogens is 176 g/mol. The molecule has 3 fully saturated rings. The predicted octanol–water partition coefficient (Wildman–Crippen LogP) is 0.592. The largest absolute Gasteiger partial charge is 0.339 e. The molecule has 78 valence electrons. The standard InChI is InChI=1S/C11H18N2O/c12-10-6-13(11(10)14)5-9(7-1-2-7)8-3-4-8/h7-10H,1-6,12H2. The van der Waals surface area contributed by atoms with Gasteiger partial charge in [0.25, 0.3) is 0 Å². The van der Waals surface area contributed by atoms with Crippen molar-refractivity contribution < 1.29 is 4.79 Å². The Kier molecular flexibility index (Phi) is 1.84. The molecule has 1 aliphatic heterocycles. The Bertz CT molecular complexity index is 246. The number of rotatable bonds is 4. The van der Waals surface area contributed by atoms with Crippen LogP contribution in [-0.2, 0) is 4.79 Å². The second-order valence-electron chi connectivity index (χ2n) is 5.19. The lowest BCUT2D eigenvalue weighted by atomic mass is 9.95. The average Bonchev–Trinajstić information content (AvgIpc) is 3.02. The van der Waals surface area contributed by atoms with Gasteiger partial charge in [0.1, 0.15) is 6.04 Å². The first-order valence-corrected chi connectivity index (χ1v) is 5.80. The fraction of sp³-hybridized carbons (Fsp3) is 0.909. The van der Waals surface area contributed by atoms with Crippen LogP contribution in [0, 0.1) is 17.8 Å². The summed E-state index contributed by atoms with van der Waals surface area (Å²) in [5.41, 5.74) is 5.58. The summed E-state index contributed by atoms with van der Waals surface area (Å²) < 4.78 is 0. The Morgan fingerprint density at radius 2 is 1.86 bits per heavy atom. The fourth-order valence-corrected chi connectivity index (χ4v) is 2.68. The number of likely N-dealkylation sites (tertiary alicyclic amines) is 1. The van der Waals surface area contributed by atoms with Gasteiger partial charge in [-0.25, -0.2) is 0 Å². The summed E-state index contributed by atoms with van der Waals surface area (Å²) in [7, 11) is 0. The molecule has 3 heteroatoms. The summed E-state index contributed by atoms with van der Waals surface area (Å²) >= 11 is 0. The molecule has 1 heterocycles. The number of carbonyl (C=O) groups is 1. The van der Waals surface area contributed by atoms with Crippen LogP contribution in [0.2, 0.25) is 0 Å². The highest BCUT2D eigenvalue weighted by atomic mass is 16.2. The van der Waals surface area contributed by atoms with E-state index < -0.39 is 0 Å². The van der Waals surface area contributed by atoms with E-state index in [2.05, 4.69) is 0 Å². The molecule has 0 aromatic rings. The molecule has 1 unspecified atom stereocenters. The van der Waals surface area contributed by atoms with Gasteiger partial charge in [-0.2, -0.15) is 0 Å². The van der Waals surface area contributed by atoms with Crippen molar-refractivity contribution >= 4 is 5.91 Å². The highest BCUT2D eigenvalue weighted by Gasteiger charge is 2.44.